The third-order valence-electron chi connectivity index (χ3n) is 4.66. The maximum atomic E-state index is 6.38. The fourth-order valence-corrected chi connectivity index (χ4v) is 3.34. The van der Waals surface area contributed by atoms with Gasteiger partial charge in [-0.3, -0.25) is 0 Å². The van der Waals surface area contributed by atoms with Crippen LogP contribution in [0, 0.1) is 0 Å². The number of hydrogen-bond donors (Lipinski definition) is 0. The van der Waals surface area contributed by atoms with Crippen LogP contribution in [0.3, 0.4) is 0 Å². The van der Waals surface area contributed by atoms with Crippen molar-refractivity contribution in [3.8, 4) is 0 Å². The highest BCUT2D eigenvalue weighted by Crippen LogP contribution is 2.39. The van der Waals surface area contributed by atoms with Gasteiger partial charge in [-0.2, -0.15) is 0 Å². The van der Waals surface area contributed by atoms with Gasteiger partial charge in [0.15, 0.2) is 5.58 Å². The first kappa shape index (κ1) is 14.8. The molecule has 0 fully saturated rings. The highest BCUT2D eigenvalue weighted by atomic mass is 16.3. The molecule has 0 aliphatic heterocycles. The van der Waals surface area contributed by atoms with E-state index >= 15 is 0 Å². The summed E-state index contributed by atoms with van der Waals surface area (Å²) in [7, 11) is 2.08. The molecule has 120 valence electrons. The van der Waals surface area contributed by atoms with Gasteiger partial charge in [0.05, 0.1) is 5.69 Å². The molecule has 0 N–H and O–H groups in total. The van der Waals surface area contributed by atoms with E-state index in [2.05, 4.69) is 86.5 Å². The van der Waals surface area contributed by atoms with Crippen LogP contribution in [0.25, 0.3) is 21.9 Å². The van der Waals surface area contributed by atoms with Crippen molar-refractivity contribution in [2.45, 2.75) is 19.8 Å². The summed E-state index contributed by atoms with van der Waals surface area (Å²) in [5, 5.41) is 2.37. The van der Waals surface area contributed by atoms with Gasteiger partial charge in [-0.25, -0.2) is 0 Å². The van der Waals surface area contributed by atoms with Gasteiger partial charge >= 0.3 is 0 Å². The number of nitrogens with zero attached hydrogens (tertiary/aromatic N) is 1. The quantitative estimate of drug-likeness (QED) is 0.430. The van der Waals surface area contributed by atoms with Gasteiger partial charge in [-0.05, 0) is 29.7 Å². The highest BCUT2D eigenvalue weighted by molar-refractivity contribution is 6.10. The van der Waals surface area contributed by atoms with Crippen LogP contribution in [0.1, 0.15) is 25.3 Å². The van der Waals surface area contributed by atoms with E-state index in [0.717, 1.165) is 22.5 Å². The zero-order valence-electron chi connectivity index (χ0n) is 14.3. The topological polar surface area (TPSA) is 16.4 Å². The molecule has 0 unspecified atom stereocenters. The zero-order chi connectivity index (χ0) is 16.7. The van der Waals surface area contributed by atoms with E-state index in [1.807, 2.05) is 6.07 Å². The number of fused-ring (bicyclic) bond motifs is 3. The minimum Gasteiger partial charge on any atom is -0.454 e. The van der Waals surface area contributed by atoms with Gasteiger partial charge in [0.1, 0.15) is 5.58 Å². The van der Waals surface area contributed by atoms with E-state index in [9.17, 15) is 0 Å². The van der Waals surface area contributed by atoms with Crippen molar-refractivity contribution in [1.82, 2.24) is 0 Å². The summed E-state index contributed by atoms with van der Waals surface area (Å²) in [5.41, 5.74) is 5.46. The van der Waals surface area contributed by atoms with Crippen LogP contribution in [0.2, 0.25) is 0 Å². The second kappa shape index (κ2) is 5.72. The van der Waals surface area contributed by atoms with Crippen LogP contribution in [0.15, 0.2) is 71.1 Å². The first-order valence-corrected chi connectivity index (χ1v) is 8.39. The molecule has 2 nitrogen and oxygen atoms in total. The second-order valence-corrected chi connectivity index (χ2v) is 6.53. The van der Waals surface area contributed by atoms with Crippen molar-refractivity contribution in [3.63, 3.8) is 0 Å². The van der Waals surface area contributed by atoms with Crippen LogP contribution in [0.4, 0.5) is 11.4 Å². The van der Waals surface area contributed by atoms with E-state index < -0.39 is 0 Å². The molecule has 0 bridgehead atoms. The van der Waals surface area contributed by atoms with Crippen molar-refractivity contribution in [1.29, 1.82) is 0 Å². The Morgan fingerprint density at radius 3 is 2.12 bits per heavy atom. The molecule has 0 aliphatic carbocycles. The lowest BCUT2D eigenvalue weighted by molar-refractivity contribution is 0.657. The third kappa shape index (κ3) is 2.26. The molecule has 4 rings (SSSR count). The second-order valence-electron chi connectivity index (χ2n) is 6.53. The van der Waals surface area contributed by atoms with E-state index in [1.54, 1.807) is 0 Å². The number of furan rings is 1. The molecule has 24 heavy (non-hydrogen) atoms. The molecule has 2 heteroatoms. The summed E-state index contributed by atoms with van der Waals surface area (Å²) in [6, 6.07) is 23.2. The molecule has 0 spiro atoms. The third-order valence-corrected chi connectivity index (χ3v) is 4.66. The number of benzene rings is 3. The summed E-state index contributed by atoms with van der Waals surface area (Å²) in [6.45, 7) is 4.41. The highest BCUT2D eigenvalue weighted by Gasteiger charge is 2.17. The van der Waals surface area contributed by atoms with Crippen molar-refractivity contribution in [2.75, 3.05) is 11.9 Å². The minimum absolute atomic E-state index is 0.435. The molecule has 3 aromatic carbocycles. The summed E-state index contributed by atoms with van der Waals surface area (Å²) in [6.07, 6.45) is 0. The molecule has 0 saturated carbocycles. The Labute approximate surface area is 142 Å². The first-order valence-electron chi connectivity index (χ1n) is 8.39. The van der Waals surface area contributed by atoms with Gasteiger partial charge in [0.25, 0.3) is 0 Å². The summed E-state index contributed by atoms with van der Waals surface area (Å²) >= 11 is 0. The van der Waals surface area contributed by atoms with Crippen molar-refractivity contribution >= 4 is 33.3 Å². The Hall–Kier alpha value is -2.74. The molecule has 1 aromatic heterocycles. The Bertz CT molecular complexity index is 999. The van der Waals surface area contributed by atoms with Gasteiger partial charge in [-0.1, -0.05) is 62.4 Å². The smallest absolute Gasteiger partial charge is 0.159 e. The largest absolute Gasteiger partial charge is 0.454 e. The fourth-order valence-electron chi connectivity index (χ4n) is 3.34. The van der Waals surface area contributed by atoms with E-state index in [-0.39, 0.29) is 0 Å². The molecule has 0 aliphatic rings. The molecule has 0 amide bonds. The summed E-state index contributed by atoms with van der Waals surface area (Å²) in [4.78, 5) is 2.18. The summed E-state index contributed by atoms with van der Waals surface area (Å²) < 4.78 is 6.38. The number of hydrogen-bond acceptors (Lipinski definition) is 2. The molecule has 1 heterocycles. The lowest BCUT2D eigenvalue weighted by Crippen LogP contribution is -2.09. The number of para-hydroxylation sites is 3. The van der Waals surface area contributed by atoms with Gasteiger partial charge in [0.2, 0.25) is 0 Å². The Morgan fingerprint density at radius 2 is 1.42 bits per heavy atom. The SMILES string of the molecule is CC(C)c1cccc2c1oc1c(N(C)c3ccccc3)cccc12. The molecule has 0 radical (unpaired) electrons. The zero-order valence-corrected chi connectivity index (χ0v) is 14.3. The Balaban J connectivity index is 1.98. The summed E-state index contributed by atoms with van der Waals surface area (Å²) in [5.74, 6) is 0.435. The Kier molecular flexibility index (Phi) is 3.53. The average Bonchev–Trinajstić information content (AvgIpc) is 3.00. The molecular formula is C22H21NO. The maximum Gasteiger partial charge on any atom is 0.159 e. The average molecular weight is 315 g/mol. The first-order chi connectivity index (χ1) is 11.7. The van der Waals surface area contributed by atoms with Crippen LogP contribution >= 0.6 is 0 Å². The van der Waals surface area contributed by atoms with E-state index in [4.69, 9.17) is 4.42 Å². The molecule has 0 saturated heterocycles. The normalized spacial score (nSPS) is 11.5. The van der Waals surface area contributed by atoms with Crippen LogP contribution in [-0.2, 0) is 0 Å². The Morgan fingerprint density at radius 1 is 0.750 bits per heavy atom. The maximum absolute atomic E-state index is 6.38. The van der Waals surface area contributed by atoms with E-state index in [0.29, 0.717) is 5.92 Å². The van der Waals surface area contributed by atoms with Crippen LogP contribution < -0.4 is 4.90 Å². The van der Waals surface area contributed by atoms with E-state index in [1.165, 1.54) is 16.3 Å². The predicted octanol–water partition coefficient (Wildman–Crippen LogP) is 6.48. The van der Waals surface area contributed by atoms with Crippen molar-refractivity contribution in [3.05, 3.63) is 72.3 Å². The van der Waals surface area contributed by atoms with Crippen molar-refractivity contribution in [2.24, 2.45) is 0 Å². The van der Waals surface area contributed by atoms with Gasteiger partial charge < -0.3 is 9.32 Å². The molecule has 4 aromatic rings. The van der Waals surface area contributed by atoms with Crippen molar-refractivity contribution < 1.29 is 4.42 Å². The lowest BCUT2D eigenvalue weighted by Gasteiger charge is -2.19. The van der Waals surface area contributed by atoms with Gasteiger partial charge in [0, 0.05) is 23.5 Å². The molecular weight excluding hydrogens is 294 g/mol. The van der Waals surface area contributed by atoms with Gasteiger partial charge in [-0.15, -0.1) is 0 Å². The lowest BCUT2D eigenvalue weighted by atomic mass is 10.0. The number of rotatable bonds is 3. The fraction of sp³-hybridized carbons (Fsp3) is 0.182. The molecule has 0 atom stereocenters. The number of anilines is 2. The van der Waals surface area contributed by atoms with Crippen LogP contribution in [0.5, 0.6) is 0 Å². The monoisotopic (exact) mass is 315 g/mol. The predicted molar refractivity (Wildman–Crippen MR) is 102 cm³/mol. The standard InChI is InChI=1S/C22H21NO/c1-15(2)17-11-7-12-18-19-13-8-14-20(22(19)24-21(17)18)23(3)16-9-5-4-6-10-16/h4-15H,1-3H3. The van der Waals surface area contributed by atoms with Crippen LogP contribution in [-0.4, -0.2) is 7.05 Å². The minimum atomic E-state index is 0.435.